The first-order chi connectivity index (χ1) is 10.1. The summed E-state index contributed by atoms with van der Waals surface area (Å²) in [6, 6.07) is 14.8. The summed E-state index contributed by atoms with van der Waals surface area (Å²) < 4.78 is 6.21. The summed E-state index contributed by atoms with van der Waals surface area (Å²) in [7, 11) is 1.67. The largest absolute Gasteiger partial charge is 0.496 e. The second-order valence-electron chi connectivity index (χ2n) is 5.06. The number of rotatable bonds is 6. The van der Waals surface area contributed by atoms with Gasteiger partial charge in [0.1, 0.15) is 5.75 Å². The molecule has 0 aliphatic heterocycles. The molecule has 0 saturated carbocycles. The van der Waals surface area contributed by atoms with Gasteiger partial charge in [-0.05, 0) is 59.1 Å². The average Bonchev–Trinajstić information content (AvgIpc) is 2.45. The predicted molar refractivity (Wildman–Crippen MR) is 94.3 cm³/mol. The second-order valence-corrected chi connectivity index (χ2v) is 7.01. The van der Waals surface area contributed by atoms with E-state index < -0.39 is 0 Å². The number of hydrogen-bond acceptors (Lipinski definition) is 3. The van der Waals surface area contributed by atoms with E-state index in [9.17, 15) is 0 Å². The molecule has 2 aromatic rings. The van der Waals surface area contributed by atoms with Gasteiger partial charge in [0, 0.05) is 16.7 Å². The van der Waals surface area contributed by atoms with Crippen molar-refractivity contribution in [3.05, 3.63) is 58.1 Å². The fraction of sp³-hybridized carbons (Fsp3) is 0.294. The number of thioether (sulfide) groups is 1. The molecule has 2 N–H and O–H groups in total. The van der Waals surface area contributed by atoms with Crippen LogP contribution in [-0.4, -0.2) is 18.9 Å². The lowest BCUT2D eigenvalue weighted by Gasteiger charge is -2.13. The molecule has 0 amide bonds. The lowest BCUT2D eigenvalue weighted by atomic mass is 10.1. The number of methoxy groups -OCH3 is 1. The SMILES string of the molecule is COc1ccc(CC(N)CSc2cccc(C)c2)cc1Br. The highest BCUT2D eigenvalue weighted by Crippen LogP contribution is 2.26. The van der Waals surface area contributed by atoms with Crippen LogP contribution in [-0.2, 0) is 6.42 Å². The first-order valence-electron chi connectivity index (χ1n) is 6.86. The van der Waals surface area contributed by atoms with Crippen LogP contribution < -0.4 is 10.5 Å². The van der Waals surface area contributed by atoms with E-state index in [1.54, 1.807) is 7.11 Å². The van der Waals surface area contributed by atoms with Crippen molar-refractivity contribution >= 4 is 27.7 Å². The first kappa shape index (κ1) is 16.4. The number of ether oxygens (including phenoxy) is 1. The van der Waals surface area contributed by atoms with Gasteiger partial charge in [-0.1, -0.05) is 23.8 Å². The summed E-state index contributed by atoms with van der Waals surface area (Å²) in [4.78, 5) is 1.28. The van der Waals surface area contributed by atoms with E-state index in [1.165, 1.54) is 16.0 Å². The Hall–Kier alpha value is -0.970. The molecule has 0 spiro atoms. The first-order valence-corrected chi connectivity index (χ1v) is 8.64. The van der Waals surface area contributed by atoms with Gasteiger partial charge in [0.05, 0.1) is 11.6 Å². The third-order valence-corrected chi connectivity index (χ3v) is 4.97. The van der Waals surface area contributed by atoms with E-state index in [4.69, 9.17) is 10.5 Å². The Labute approximate surface area is 139 Å². The topological polar surface area (TPSA) is 35.2 Å². The maximum absolute atomic E-state index is 6.24. The Kier molecular flexibility index (Phi) is 6.15. The number of hydrogen-bond donors (Lipinski definition) is 1. The molecule has 0 bridgehead atoms. The molecule has 0 aromatic heterocycles. The summed E-state index contributed by atoms with van der Waals surface area (Å²) in [5.74, 6) is 1.76. The highest BCUT2D eigenvalue weighted by Gasteiger charge is 2.08. The standard InChI is InChI=1S/C17H20BrNOS/c1-12-4-3-5-15(8-12)21-11-14(19)9-13-6-7-17(20-2)16(18)10-13/h3-8,10,14H,9,11,19H2,1-2H3. The van der Waals surface area contributed by atoms with Crippen LogP contribution in [0.25, 0.3) is 0 Å². The molecule has 2 aromatic carbocycles. The van der Waals surface area contributed by atoms with Crippen molar-refractivity contribution in [3.63, 3.8) is 0 Å². The van der Waals surface area contributed by atoms with Gasteiger partial charge in [0.25, 0.3) is 0 Å². The van der Waals surface area contributed by atoms with Crippen LogP contribution in [0.4, 0.5) is 0 Å². The maximum Gasteiger partial charge on any atom is 0.133 e. The third kappa shape index (κ3) is 5.06. The third-order valence-electron chi connectivity index (χ3n) is 3.17. The zero-order valence-electron chi connectivity index (χ0n) is 12.3. The van der Waals surface area contributed by atoms with Crippen LogP contribution in [0, 0.1) is 6.92 Å². The molecule has 4 heteroatoms. The fourth-order valence-electron chi connectivity index (χ4n) is 2.11. The normalized spacial score (nSPS) is 12.2. The quantitative estimate of drug-likeness (QED) is 0.769. The van der Waals surface area contributed by atoms with Crippen LogP contribution in [0.2, 0.25) is 0 Å². The van der Waals surface area contributed by atoms with Crippen molar-refractivity contribution in [2.75, 3.05) is 12.9 Å². The zero-order chi connectivity index (χ0) is 15.2. The number of benzene rings is 2. The molecular formula is C17H20BrNOS. The van der Waals surface area contributed by atoms with Crippen LogP contribution in [0.5, 0.6) is 5.75 Å². The van der Waals surface area contributed by atoms with Gasteiger partial charge in [-0.2, -0.15) is 0 Å². The van der Waals surface area contributed by atoms with Gasteiger partial charge >= 0.3 is 0 Å². The Balaban J connectivity index is 1.89. The molecule has 21 heavy (non-hydrogen) atoms. The van der Waals surface area contributed by atoms with Gasteiger partial charge in [-0.25, -0.2) is 0 Å². The van der Waals surface area contributed by atoms with E-state index >= 15 is 0 Å². The fourth-order valence-corrected chi connectivity index (χ4v) is 3.66. The minimum atomic E-state index is 0.135. The summed E-state index contributed by atoms with van der Waals surface area (Å²) in [5.41, 5.74) is 8.75. The molecule has 1 atom stereocenters. The molecule has 0 fully saturated rings. The Bertz CT molecular complexity index is 603. The summed E-state index contributed by atoms with van der Waals surface area (Å²) in [6.07, 6.45) is 0.863. The van der Waals surface area contributed by atoms with E-state index in [0.29, 0.717) is 0 Å². The van der Waals surface area contributed by atoms with Gasteiger partial charge in [-0.3, -0.25) is 0 Å². The molecule has 2 rings (SSSR count). The maximum atomic E-state index is 6.24. The minimum Gasteiger partial charge on any atom is -0.496 e. The average molecular weight is 366 g/mol. The van der Waals surface area contributed by atoms with Crippen molar-refractivity contribution in [1.82, 2.24) is 0 Å². The Morgan fingerprint density at radius 3 is 2.71 bits per heavy atom. The molecular weight excluding hydrogens is 346 g/mol. The van der Waals surface area contributed by atoms with Gasteiger partial charge in [-0.15, -0.1) is 11.8 Å². The van der Waals surface area contributed by atoms with Crippen molar-refractivity contribution in [1.29, 1.82) is 0 Å². The minimum absolute atomic E-state index is 0.135. The van der Waals surface area contributed by atoms with E-state index in [-0.39, 0.29) is 6.04 Å². The highest BCUT2D eigenvalue weighted by atomic mass is 79.9. The number of nitrogens with two attached hydrogens (primary N) is 1. The summed E-state index contributed by atoms with van der Waals surface area (Å²) >= 11 is 5.32. The van der Waals surface area contributed by atoms with E-state index in [2.05, 4.69) is 59.3 Å². The predicted octanol–water partition coefficient (Wildman–Crippen LogP) is 4.43. The smallest absolute Gasteiger partial charge is 0.133 e. The van der Waals surface area contributed by atoms with E-state index in [0.717, 1.165) is 22.4 Å². The van der Waals surface area contributed by atoms with Crippen molar-refractivity contribution in [2.45, 2.75) is 24.3 Å². The monoisotopic (exact) mass is 365 g/mol. The summed E-state index contributed by atoms with van der Waals surface area (Å²) in [5, 5.41) is 0. The zero-order valence-corrected chi connectivity index (χ0v) is 14.7. The lowest BCUT2D eigenvalue weighted by Crippen LogP contribution is -2.25. The van der Waals surface area contributed by atoms with Gasteiger partial charge in [0.15, 0.2) is 0 Å². The Morgan fingerprint density at radius 2 is 2.05 bits per heavy atom. The second kappa shape index (κ2) is 7.87. The number of halogens is 1. The number of aryl methyl sites for hydroxylation is 1. The van der Waals surface area contributed by atoms with Crippen LogP contribution in [0.15, 0.2) is 51.8 Å². The van der Waals surface area contributed by atoms with Gasteiger partial charge in [0.2, 0.25) is 0 Å². The Morgan fingerprint density at radius 1 is 1.24 bits per heavy atom. The van der Waals surface area contributed by atoms with E-state index in [1.807, 2.05) is 17.8 Å². The van der Waals surface area contributed by atoms with Crippen molar-refractivity contribution in [3.8, 4) is 5.75 Å². The van der Waals surface area contributed by atoms with Crippen molar-refractivity contribution in [2.24, 2.45) is 5.73 Å². The van der Waals surface area contributed by atoms with Crippen LogP contribution >= 0.6 is 27.7 Å². The van der Waals surface area contributed by atoms with Crippen molar-refractivity contribution < 1.29 is 4.74 Å². The molecule has 112 valence electrons. The molecule has 0 heterocycles. The lowest BCUT2D eigenvalue weighted by molar-refractivity contribution is 0.412. The van der Waals surface area contributed by atoms with Crippen LogP contribution in [0.1, 0.15) is 11.1 Å². The molecule has 0 saturated heterocycles. The molecule has 0 aliphatic rings. The van der Waals surface area contributed by atoms with Crippen LogP contribution in [0.3, 0.4) is 0 Å². The summed E-state index contributed by atoms with van der Waals surface area (Å²) in [6.45, 7) is 2.11. The highest BCUT2D eigenvalue weighted by molar-refractivity contribution is 9.10. The molecule has 2 nitrogen and oxygen atoms in total. The molecule has 0 radical (unpaired) electrons. The molecule has 1 unspecified atom stereocenters. The van der Waals surface area contributed by atoms with Gasteiger partial charge < -0.3 is 10.5 Å². The molecule has 0 aliphatic carbocycles.